The van der Waals surface area contributed by atoms with Crippen molar-refractivity contribution >= 4 is 11.8 Å². The first-order valence-electron chi connectivity index (χ1n) is 11.4. The van der Waals surface area contributed by atoms with E-state index in [1.165, 1.54) is 0 Å². The van der Waals surface area contributed by atoms with Crippen molar-refractivity contribution in [2.45, 2.75) is 39.7 Å². The third kappa shape index (κ3) is 4.72. The van der Waals surface area contributed by atoms with Crippen LogP contribution < -0.4 is 14.8 Å². The number of ketones is 1. The smallest absolute Gasteiger partial charge is 0.336 e. The highest BCUT2D eigenvalue weighted by molar-refractivity contribution is 5.96. The Morgan fingerprint density at radius 3 is 2.15 bits per heavy atom. The molecule has 6 nitrogen and oxygen atoms in total. The van der Waals surface area contributed by atoms with Crippen molar-refractivity contribution in [1.29, 1.82) is 0 Å². The summed E-state index contributed by atoms with van der Waals surface area (Å²) in [5.74, 6) is 0.234. The lowest BCUT2D eigenvalue weighted by Gasteiger charge is -2.41. The molecule has 0 saturated heterocycles. The number of carbonyl (C=O) groups is 2. The number of Topliss-reactive ketones (excluding diaryl/α,β-unsaturated/α-hetero) is 1. The lowest BCUT2D eigenvalue weighted by Crippen LogP contribution is -2.43. The summed E-state index contributed by atoms with van der Waals surface area (Å²) < 4.78 is 16.2. The number of benzene rings is 2. The number of fused-ring (bicyclic) bond motifs is 1. The lowest BCUT2D eigenvalue weighted by atomic mass is 9.66. The van der Waals surface area contributed by atoms with Gasteiger partial charge in [-0.25, -0.2) is 4.79 Å². The minimum absolute atomic E-state index is 0.115. The minimum atomic E-state index is -0.464. The molecule has 2 aromatic rings. The van der Waals surface area contributed by atoms with E-state index in [4.69, 9.17) is 14.2 Å². The summed E-state index contributed by atoms with van der Waals surface area (Å²) >= 11 is 0. The van der Waals surface area contributed by atoms with E-state index in [0.29, 0.717) is 23.4 Å². The molecule has 1 aliphatic heterocycles. The van der Waals surface area contributed by atoms with Crippen molar-refractivity contribution in [3.8, 4) is 11.5 Å². The zero-order chi connectivity index (χ0) is 24.5. The molecule has 4 rings (SSSR count). The van der Waals surface area contributed by atoms with Crippen LogP contribution >= 0.6 is 0 Å². The normalized spacial score (nSPS) is 21.2. The monoisotopic (exact) mass is 461 g/mol. The Bertz CT molecular complexity index is 1140. The van der Waals surface area contributed by atoms with Crippen molar-refractivity contribution in [3.05, 3.63) is 82.7 Å². The molecule has 0 bridgehead atoms. The van der Waals surface area contributed by atoms with Crippen LogP contribution in [0.2, 0.25) is 0 Å². The summed E-state index contributed by atoms with van der Waals surface area (Å²) in [5, 5.41) is 3.35. The van der Waals surface area contributed by atoms with Gasteiger partial charge in [-0.15, -0.1) is 0 Å². The maximum atomic E-state index is 13.4. The van der Waals surface area contributed by atoms with Crippen molar-refractivity contribution in [2.75, 3.05) is 14.2 Å². The number of methoxy groups -OCH3 is 2. The molecule has 0 fully saturated rings. The van der Waals surface area contributed by atoms with Gasteiger partial charge in [-0.3, -0.25) is 4.79 Å². The van der Waals surface area contributed by atoms with Gasteiger partial charge in [0, 0.05) is 23.7 Å². The fourth-order valence-electron chi connectivity index (χ4n) is 4.86. The Morgan fingerprint density at radius 1 is 0.971 bits per heavy atom. The standard InChI is InChI=1S/C28H31NO5/c1-17-24(27(31)34-16-18-6-10-20(32-4)11-7-18)25(19-8-12-21(33-5)13-9-19)26-22(29-17)14-28(2,3)15-23(26)30/h6-14,25-26,29H,15-16H2,1-5H3. The van der Waals surface area contributed by atoms with Crippen LogP contribution in [-0.4, -0.2) is 26.0 Å². The molecule has 34 heavy (non-hydrogen) atoms. The average Bonchev–Trinajstić information content (AvgIpc) is 2.81. The average molecular weight is 462 g/mol. The molecule has 1 aliphatic carbocycles. The molecular formula is C28H31NO5. The number of rotatable bonds is 6. The van der Waals surface area contributed by atoms with E-state index < -0.39 is 17.8 Å². The van der Waals surface area contributed by atoms with Crippen LogP contribution in [0.3, 0.4) is 0 Å². The number of hydrogen-bond acceptors (Lipinski definition) is 6. The topological polar surface area (TPSA) is 73.9 Å². The second kappa shape index (κ2) is 9.37. The van der Waals surface area contributed by atoms with E-state index in [-0.39, 0.29) is 17.8 Å². The molecule has 2 atom stereocenters. The second-order valence-corrected chi connectivity index (χ2v) is 9.55. The van der Waals surface area contributed by atoms with Gasteiger partial charge in [-0.2, -0.15) is 0 Å². The molecule has 178 valence electrons. The van der Waals surface area contributed by atoms with Crippen molar-refractivity contribution in [3.63, 3.8) is 0 Å². The Morgan fingerprint density at radius 2 is 1.56 bits per heavy atom. The van der Waals surface area contributed by atoms with Crippen LogP contribution in [0.15, 0.2) is 71.6 Å². The van der Waals surface area contributed by atoms with Gasteiger partial charge in [0.25, 0.3) is 0 Å². The molecule has 0 aromatic heterocycles. The van der Waals surface area contributed by atoms with Crippen molar-refractivity contribution in [2.24, 2.45) is 11.3 Å². The zero-order valence-corrected chi connectivity index (χ0v) is 20.3. The van der Waals surface area contributed by atoms with E-state index in [1.807, 2.05) is 55.5 Å². The van der Waals surface area contributed by atoms with E-state index >= 15 is 0 Å². The largest absolute Gasteiger partial charge is 0.497 e. The summed E-state index contributed by atoms with van der Waals surface area (Å²) in [5.41, 5.74) is 3.52. The molecule has 0 spiro atoms. The Hall–Kier alpha value is -3.54. The third-order valence-corrected chi connectivity index (χ3v) is 6.46. The second-order valence-electron chi connectivity index (χ2n) is 9.55. The third-order valence-electron chi connectivity index (χ3n) is 6.46. The number of nitrogens with one attached hydrogen (secondary N) is 1. The van der Waals surface area contributed by atoms with Crippen LogP contribution in [0.4, 0.5) is 0 Å². The first-order chi connectivity index (χ1) is 16.2. The Labute approximate surface area is 200 Å². The molecule has 6 heteroatoms. The maximum Gasteiger partial charge on any atom is 0.336 e. The Kier molecular flexibility index (Phi) is 6.51. The molecular weight excluding hydrogens is 430 g/mol. The highest BCUT2D eigenvalue weighted by Crippen LogP contribution is 2.47. The summed E-state index contributed by atoms with van der Waals surface area (Å²) in [4.78, 5) is 26.8. The summed E-state index contributed by atoms with van der Waals surface area (Å²) in [7, 11) is 3.22. The van der Waals surface area contributed by atoms with E-state index in [9.17, 15) is 9.59 Å². The van der Waals surface area contributed by atoms with Gasteiger partial charge in [0.05, 0.1) is 25.7 Å². The van der Waals surface area contributed by atoms with Crippen LogP contribution in [0, 0.1) is 11.3 Å². The fraction of sp³-hybridized carbons (Fsp3) is 0.357. The quantitative estimate of drug-likeness (QED) is 0.617. The highest BCUT2D eigenvalue weighted by Gasteiger charge is 2.46. The molecule has 1 N–H and O–H groups in total. The first-order valence-corrected chi connectivity index (χ1v) is 11.4. The van der Waals surface area contributed by atoms with E-state index in [1.54, 1.807) is 14.2 Å². The van der Waals surface area contributed by atoms with Crippen LogP contribution in [0.5, 0.6) is 11.5 Å². The maximum absolute atomic E-state index is 13.4. The van der Waals surface area contributed by atoms with Gasteiger partial charge in [0.15, 0.2) is 0 Å². The molecule has 0 radical (unpaired) electrons. The summed E-state index contributed by atoms with van der Waals surface area (Å²) in [6, 6.07) is 14.9. The minimum Gasteiger partial charge on any atom is -0.497 e. The van der Waals surface area contributed by atoms with Crippen LogP contribution in [-0.2, 0) is 20.9 Å². The summed E-state index contributed by atoms with van der Waals surface area (Å²) in [6.07, 6.45) is 2.54. The predicted octanol–water partition coefficient (Wildman–Crippen LogP) is 4.91. The molecule has 2 aromatic carbocycles. The fourth-order valence-corrected chi connectivity index (χ4v) is 4.86. The zero-order valence-electron chi connectivity index (χ0n) is 20.3. The first kappa shape index (κ1) is 23.6. The van der Waals surface area contributed by atoms with Crippen molar-refractivity contribution < 1.29 is 23.8 Å². The SMILES string of the molecule is COc1ccc(COC(=O)C2=C(C)NC3=CC(C)(C)CC(=O)C3C2c2ccc(OC)cc2)cc1. The Balaban J connectivity index is 1.70. The number of ether oxygens (including phenoxy) is 3. The molecule has 0 amide bonds. The highest BCUT2D eigenvalue weighted by atomic mass is 16.5. The van der Waals surface area contributed by atoms with Gasteiger partial charge in [-0.05, 0) is 47.7 Å². The van der Waals surface area contributed by atoms with E-state index in [0.717, 1.165) is 22.6 Å². The van der Waals surface area contributed by atoms with Crippen LogP contribution in [0.1, 0.15) is 44.2 Å². The van der Waals surface area contributed by atoms with Gasteiger partial charge < -0.3 is 19.5 Å². The molecule has 1 heterocycles. The van der Waals surface area contributed by atoms with Gasteiger partial charge >= 0.3 is 5.97 Å². The number of allylic oxidation sites excluding steroid dienone is 3. The lowest BCUT2D eigenvalue weighted by molar-refractivity contribution is -0.141. The summed E-state index contributed by atoms with van der Waals surface area (Å²) in [6.45, 7) is 6.10. The molecule has 2 aliphatic rings. The number of carbonyl (C=O) groups excluding carboxylic acids is 2. The van der Waals surface area contributed by atoms with Crippen LogP contribution in [0.25, 0.3) is 0 Å². The van der Waals surface area contributed by atoms with Crippen molar-refractivity contribution in [1.82, 2.24) is 5.32 Å². The number of hydrogen-bond donors (Lipinski definition) is 1. The van der Waals surface area contributed by atoms with Gasteiger partial charge in [0.1, 0.15) is 23.9 Å². The van der Waals surface area contributed by atoms with Gasteiger partial charge in [-0.1, -0.05) is 44.2 Å². The molecule has 0 saturated carbocycles. The predicted molar refractivity (Wildman–Crippen MR) is 129 cm³/mol. The van der Waals surface area contributed by atoms with E-state index in [2.05, 4.69) is 25.2 Å². The molecule has 2 unspecified atom stereocenters. The number of esters is 1. The van der Waals surface area contributed by atoms with Gasteiger partial charge in [0.2, 0.25) is 0 Å².